The lowest BCUT2D eigenvalue weighted by molar-refractivity contribution is 0.102. The van der Waals surface area contributed by atoms with Crippen molar-refractivity contribution >= 4 is 11.7 Å². The molecule has 0 bridgehead atoms. The average molecular weight is 230 g/mol. The highest BCUT2D eigenvalue weighted by molar-refractivity contribution is 6.04. The fourth-order valence-corrected chi connectivity index (χ4v) is 1.71. The van der Waals surface area contributed by atoms with Gasteiger partial charge in [-0.25, -0.2) is 4.98 Å². The first-order valence-electron chi connectivity index (χ1n) is 5.37. The fourth-order valence-electron chi connectivity index (χ4n) is 1.71. The maximum absolute atomic E-state index is 11.9. The van der Waals surface area contributed by atoms with E-state index in [1.54, 1.807) is 13.0 Å². The molecule has 0 saturated carbocycles. The second-order valence-electron chi connectivity index (χ2n) is 4.02. The van der Waals surface area contributed by atoms with Crippen LogP contribution < -0.4 is 5.32 Å². The van der Waals surface area contributed by atoms with E-state index in [2.05, 4.69) is 10.3 Å². The summed E-state index contributed by atoms with van der Waals surface area (Å²) >= 11 is 0. The molecule has 17 heavy (non-hydrogen) atoms. The van der Waals surface area contributed by atoms with Gasteiger partial charge in [0.05, 0.1) is 11.8 Å². The third-order valence-electron chi connectivity index (χ3n) is 2.44. The summed E-state index contributed by atoms with van der Waals surface area (Å²) in [5.74, 6) is 0.966. The zero-order chi connectivity index (χ0) is 12.4. The summed E-state index contributed by atoms with van der Waals surface area (Å²) < 4.78 is 5.09. The van der Waals surface area contributed by atoms with Crippen LogP contribution in [0.2, 0.25) is 0 Å². The highest BCUT2D eigenvalue weighted by atomic mass is 16.3. The van der Waals surface area contributed by atoms with Crippen LogP contribution in [0, 0.1) is 20.8 Å². The minimum atomic E-state index is -0.200. The van der Waals surface area contributed by atoms with Crippen molar-refractivity contribution in [1.82, 2.24) is 4.98 Å². The van der Waals surface area contributed by atoms with Crippen LogP contribution >= 0.6 is 0 Å². The van der Waals surface area contributed by atoms with Crippen molar-refractivity contribution in [3.8, 4) is 0 Å². The molecule has 2 heterocycles. The van der Waals surface area contributed by atoms with E-state index in [0.717, 1.165) is 11.3 Å². The summed E-state index contributed by atoms with van der Waals surface area (Å²) in [4.78, 5) is 16.2. The Morgan fingerprint density at radius 2 is 2.06 bits per heavy atom. The Morgan fingerprint density at radius 3 is 2.65 bits per heavy atom. The van der Waals surface area contributed by atoms with Crippen molar-refractivity contribution in [2.24, 2.45) is 0 Å². The maximum Gasteiger partial charge on any atom is 0.260 e. The van der Waals surface area contributed by atoms with Gasteiger partial charge >= 0.3 is 0 Å². The number of furan rings is 1. The number of hydrogen-bond donors (Lipinski definition) is 1. The van der Waals surface area contributed by atoms with Crippen molar-refractivity contribution in [3.05, 3.63) is 47.0 Å². The summed E-state index contributed by atoms with van der Waals surface area (Å²) in [6.45, 7) is 5.61. The van der Waals surface area contributed by atoms with Gasteiger partial charge in [0.1, 0.15) is 11.6 Å². The van der Waals surface area contributed by atoms with Gasteiger partial charge in [-0.1, -0.05) is 0 Å². The number of aryl methyl sites for hydroxylation is 3. The van der Waals surface area contributed by atoms with Crippen molar-refractivity contribution < 1.29 is 9.21 Å². The van der Waals surface area contributed by atoms with E-state index in [0.29, 0.717) is 17.1 Å². The van der Waals surface area contributed by atoms with Gasteiger partial charge in [-0.3, -0.25) is 4.79 Å². The quantitative estimate of drug-likeness (QED) is 0.863. The third kappa shape index (κ3) is 2.53. The zero-order valence-corrected chi connectivity index (χ0v) is 10.1. The average Bonchev–Trinajstić information content (AvgIpc) is 2.62. The predicted octanol–water partition coefficient (Wildman–Crippen LogP) is 2.85. The lowest BCUT2D eigenvalue weighted by atomic mass is 10.2. The number of hydrogen-bond acceptors (Lipinski definition) is 3. The molecular formula is C13H14N2O2. The van der Waals surface area contributed by atoms with Crippen LogP contribution in [-0.4, -0.2) is 10.9 Å². The smallest absolute Gasteiger partial charge is 0.260 e. The SMILES string of the molecule is Cc1cc(C)nc(NC(=O)c2ccoc2C)c1. The molecule has 1 amide bonds. The van der Waals surface area contributed by atoms with Crippen molar-refractivity contribution in [3.63, 3.8) is 0 Å². The second-order valence-corrected chi connectivity index (χ2v) is 4.02. The first-order valence-corrected chi connectivity index (χ1v) is 5.37. The van der Waals surface area contributed by atoms with Gasteiger partial charge < -0.3 is 9.73 Å². The fraction of sp³-hybridized carbons (Fsp3) is 0.231. The van der Waals surface area contributed by atoms with E-state index in [1.165, 1.54) is 6.26 Å². The molecule has 0 aromatic carbocycles. The Morgan fingerprint density at radius 1 is 1.29 bits per heavy atom. The number of nitrogens with one attached hydrogen (secondary N) is 1. The van der Waals surface area contributed by atoms with Crippen LogP contribution in [0.25, 0.3) is 0 Å². The minimum absolute atomic E-state index is 0.200. The van der Waals surface area contributed by atoms with E-state index in [1.807, 2.05) is 26.0 Å². The van der Waals surface area contributed by atoms with Gasteiger partial charge in [-0.15, -0.1) is 0 Å². The lowest BCUT2D eigenvalue weighted by Crippen LogP contribution is -2.13. The summed E-state index contributed by atoms with van der Waals surface area (Å²) in [6, 6.07) is 5.44. The predicted molar refractivity (Wildman–Crippen MR) is 65.1 cm³/mol. The molecule has 4 nitrogen and oxygen atoms in total. The molecular weight excluding hydrogens is 216 g/mol. The van der Waals surface area contributed by atoms with Gasteiger partial charge in [0.2, 0.25) is 0 Å². The molecule has 0 aliphatic rings. The Hall–Kier alpha value is -2.10. The normalized spacial score (nSPS) is 10.3. The Kier molecular flexibility index (Phi) is 2.95. The molecule has 88 valence electrons. The standard InChI is InChI=1S/C13H14N2O2/c1-8-6-9(2)14-12(7-8)15-13(16)11-4-5-17-10(11)3/h4-7H,1-3H3,(H,14,15,16). The van der Waals surface area contributed by atoms with E-state index in [9.17, 15) is 4.79 Å². The summed E-state index contributed by atoms with van der Waals surface area (Å²) in [6.07, 6.45) is 1.50. The molecule has 0 spiro atoms. The first-order chi connectivity index (χ1) is 8.06. The number of carbonyl (C=O) groups excluding carboxylic acids is 1. The third-order valence-corrected chi connectivity index (χ3v) is 2.44. The molecule has 4 heteroatoms. The van der Waals surface area contributed by atoms with Crippen LogP contribution in [-0.2, 0) is 0 Å². The monoisotopic (exact) mass is 230 g/mol. The van der Waals surface area contributed by atoms with Gasteiger partial charge in [0.25, 0.3) is 5.91 Å². The molecule has 0 aliphatic carbocycles. The zero-order valence-electron chi connectivity index (χ0n) is 10.1. The number of nitrogens with zero attached hydrogens (tertiary/aromatic N) is 1. The molecule has 0 saturated heterocycles. The molecule has 0 radical (unpaired) electrons. The Bertz CT molecular complexity index is 538. The van der Waals surface area contributed by atoms with E-state index < -0.39 is 0 Å². The van der Waals surface area contributed by atoms with Gasteiger partial charge in [-0.05, 0) is 44.5 Å². The van der Waals surface area contributed by atoms with Crippen LogP contribution in [0.3, 0.4) is 0 Å². The summed E-state index contributed by atoms with van der Waals surface area (Å²) in [5, 5.41) is 2.76. The topological polar surface area (TPSA) is 55.1 Å². The molecule has 0 fully saturated rings. The van der Waals surface area contributed by atoms with Crippen LogP contribution in [0.4, 0.5) is 5.82 Å². The largest absolute Gasteiger partial charge is 0.469 e. The van der Waals surface area contributed by atoms with E-state index >= 15 is 0 Å². The first kappa shape index (κ1) is 11.4. The number of anilines is 1. The minimum Gasteiger partial charge on any atom is -0.469 e. The lowest BCUT2D eigenvalue weighted by Gasteiger charge is -2.05. The van der Waals surface area contributed by atoms with Crippen molar-refractivity contribution in [2.75, 3.05) is 5.32 Å². The van der Waals surface area contributed by atoms with Crippen LogP contribution in [0.15, 0.2) is 28.9 Å². The van der Waals surface area contributed by atoms with E-state index in [4.69, 9.17) is 4.42 Å². The van der Waals surface area contributed by atoms with E-state index in [-0.39, 0.29) is 5.91 Å². The van der Waals surface area contributed by atoms with Crippen LogP contribution in [0.1, 0.15) is 27.4 Å². The summed E-state index contributed by atoms with van der Waals surface area (Å²) in [5.41, 5.74) is 2.48. The molecule has 0 aliphatic heterocycles. The molecule has 2 rings (SSSR count). The van der Waals surface area contributed by atoms with Crippen LogP contribution in [0.5, 0.6) is 0 Å². The molecule has 1 N–H and O–H groups in total. The number of amides is 1. The number of pyridine rings is 1. The highest BCUT2D eigenvalue weighted by Gasteiger charge is 2.12. The molecule has 0 atom stereocenters. The number of rotatable bonds is 2. The Labute approximate surface area is 99.7 Å². The number of aromatic nitrogens is 1. The molecule has 2 aromatic rings. The second kappa shape index (κ2) is 4.41. The maximum atomic E-state index is 11.9. The van der Waals surface area contributed by atoms with Gasteiger partial charge in [0, 0.05) is 5.69 Å². The van der Waals surface area contributed by atoms with Crippen molar-refractivity contribution in [2.45, 2.75) is 20.8 Å². The molecule has 2 aromatic heterocycles. The molecule has 0 unspecified atom stereocenters. The van der Waals surface area contributed by atoms with Gasteiger partial charge in [0.15, 0.2) is 0 Å². The highest BCUT2D eigenvalue weighted by Crippen LogP contribution is 2.13. The van der Waals surface area contributed by atoms with Gasteiger partial charge in [-0.2, -0.15) is 0 Å². The Balaban J connectivity index is 2.21. The summed E-state index contributed by atoms with van der Waals surface area (Å²) in [7, 11) is 0. The van der Waals surface area contributed by atoms with Crippen molar-refractivity contribution in [1.29, 1.82) is 0 Å². The number of carbonyl (C=O) groups is 1.